The second kappa shape index (κ2) is 6.40. The number of alkyl halides is 1. The predicted molar refractivity (Wildman–Crippen MR) is 80.3 cm³/mol. The van der Waals surface area contributed by atoms with E-state index in [4.69, 9.17) is 14.5 Å². The maximum atomic E-state index is 13.7. The molecule has 116 valence electrons. The minimum atomic E-state index is -4.87. The monoisotopic (exact) mass is 324 g/mol. The number of benzene rings is 2. The third kappa shape index (κ3) is 3.60. The van der Waals surface area contributed by atoms with Crippen molar-refractivity contribution in [2.24, 2.45) is 0 Å². The second-order valence-corrected chi connectivity index (χ2v) is 6.26. The molecule has 0 amide bonds. The van der Waals surface area contributed by atoms with Crippen molar-refractivity contribution in [3.05, 3.63) is 60.2 Å². The highest BCUT2D eigenvalue weighted by atomic mass is 31.2. The van der Waals surface area contributed by atoms with Crippen molar-refractivity contribution in [1.82, 2.24) is 0 Å². The van der Waals surface area contributed by atoms with Gasteiger partial charge in [-0.05, 0) is 34.5 Å². The Labute approximate surface area is 126 Å². The number of hydrogen-bond acceptors (Lipinski definition) is 3. The molecule has 5 nitrogen and oxygen atoms in total. The van der Waals surface area contributed by atoms with E-state index in [2.05, 4.69) is 6.58 Å². The number of ether oxygens (including phenoxy) is 1. The topological polar surface area (TPSA) is 83.8 Å². The zero-order valence-electron chi connectivity index (χ0n) is 11.5. The van der Waals surface area contributed by atoms with E-state index in [1.807, 2.05) is 0 Å². The van der Waals surface area contributed by atoms with E-state index in [-0.39, 0.29) is 17.7 Å². The Bertz CT molecular complexity index is 768. The van der Waals surface area contributed by atoms with Gasteiger partial charge >= 0.3 is 13.6 Å². The molecule has 0 fully saturated rings. The lowest BCUT2D eigenvalue weighted by molar-refractivity contribution is 0.0550. The van der Waals surface area contributed by atoms with Crippen LogP contribution in [0.1, 0.15) is 21.8 Å². The van der Waals surface area contributed by atoms with Crippen molar-refractivity contribution >= 4 is 24.3 Å². The first-order chi connectivity index (χ1) is 10.3. The van der Waals surface area contributed by atoms with Gasteiger partial charge in [-0.3, -0.25) is 4.57 Å². The summed E-state index contributed by atoms with van der Waals surface area (Å²) in [5.41, 5.74) is 0.121. The van der Waals surface area contributed by atoms with E-state index < -0.39 is 19.5 Å². The van der Waals surface area contributed by atoms with Crippen LogP contribution in [-0.4, -0.2) is 22.4 Å². The molecule has 0 aliphatic rings. The van der Waals surface area contributed by atoms with Gasteiger partial charge in [0.2, 0.25) is 5.91 Å². The number of halogens is 1. The zero-order valence-corrected chi connectivity index (χ0v) is 12.4. The molecule has 0 aromatic heterocycles. The smallest absolute Gasteiger partial charge is 0.363 e. The third-order valence-corrected chi connectivity index (χ3v) is 3.89. The molecular weight excluding hydrogens is 310 g/mol. The molecule has 2 aromatic rings. The number of fused-ring (bicyclic) bond motifs is 1. The standard InChI is InChI=1S/C15H14FO5P/c1-2-7-21-15(17)12-6-4-10-3-5-11(8-13(10)9-12)14(16)22(18,19)20/h2-6,8-9,14H,1,7H2,(H2,18,19,20). The minimum Gasteiger partial charge on any atom is -0.458 e. The maximum absolute atomic E-state index is 13.7. The van der Waals surface area contributed by atoms with Crippen molar-refractivity contribution in [3.63, 3.8) is 0 Å². The quantitative estimate of drug-likeness (QED) is 0.501. The first kappa shape index (κ1) is 16.4. The molecule has 22 heavy (non-hydrogen) atoms. The summed E-state index contributed by atoms with van der Waals surface area (Å²) < 4.78 is 29.6. The van der Waals surface area contributed by atoms with Crippen LogP contribution in [0.3, 0.4) is 0 Å². The van der Waals surface area contributed by atoms with Crippen LogP contribution in [0.5, 0.6) is 0 Å². The van der Waals surface area contributed by atoms with Crippen molar-refractivity contribution in [3.8, 4) is 0 Å². The van der Waals surface area contributed by atoms with E-state index in [1.54, 1.807) is 12.1 Å². The van der Waals surface area contributed by atoms with E-state index in [1.165, 1.54) is 30.3 Å². The number of esters is 1. The molecule has 1 atom stereocenters. The summed E-state index contributed by atoms with van der Waals surface area (Å²) in [4.78, 5) is 29.6. The van der Waals surface area contributed by atoms with Crippen molar-refractivity contribution < 1.29 is 28.3 Å². The predicted octanol–water partition coefficient (Wildman–Crippen LogP) is 3.33. The van der Waals surface area contributed by atoms with Crippen LogP contribution < -0.4 is 0 Å². The summed E-state index contributed by atoms with van der Waals surface area (Å²) in [5.74, 6) is -2.95. The molecule has 0 radical (unpaired) electrons. The van der Waals surface area contributed by atoms with Gasteiger partial charge in [0.05, 0.1) is 5.56 Å². The van der Waals surface area contributed by atoms with Crippen LogP contribution in [0.25, 0.3) is 10.8 Å². The number of rotatable bonds is 5. The van der Waals surface area contributed by atoms with Gasteiger partial charge in [0.25, 0.3) is 0 Å². The first-order valence-corrected chi connectivity index (χ1v) is 8.02. The van der Waals surface area contributed by atoms with E-state index in [0.717, 1.165) is 0 Å². The van der Waals surface area contributed by atoms with E-state index >= 15 is 0 Å². The van der Waals surface area contributed by atoms with Gasteiger partial charge in [0, 0.05) is 0 Å². The van der Waals surface area contributed by atoms with Crippen LogP contribution >= 0.6 is 7.60 Å². The third-order valence-electron chi connectivity index (χ3n) is 3.00. The summed E-state index contributed by atoms with van der Waals surface area (Å²) in [6, 6.07) is 8.84. The maximum Gasteiger partial charge on any atom is 0.363 e. The van der Waals surface area contributed by atoms with Crippen molar-refractivity contribution in [2.75, 3.05) is 6.61 Å². The normalized spacial score (nSPS) is 12.9. The minimum absolute atomic E-state index is 0.0711. The van der Waals surface area contributed by atoms with Gasteiger partial charge in [-0.1, -0.05) is 30.9 Å². The Morgan fingerprint density at radius 1 is 1.27 bits per heavy atom. The van der Waals surface area contributed by atoms with E-state index in [0.29, 0.717) is 10.8 Å². The molecule has 0 heterocycles. The molecule has 0 bridgehead atoms. The van der Waals surface area contributed by atoms with Crippen LogP contribution in [0.15, 0.2) is 49.1 Å². The van der Waals surface area contributed by atoms with Gasteiger partial charge < -0.3 is 14.5 Å². The van der Waals surface area contributed by atoms with Gasteiger partial charge in [-0.25, -0.2) is 9.18 Å². The molecule has 0 saturated carbocycles. The van der Waals surface area contributed by atoms with Gasteiger partial charge in [0.15, 0.2) is 0 Å². The second-order valence-electron chi connectivity index (χ2n) is 4.63. The lowest BCUT2D eigenvalue weighted by atomic mass is 10.0. The molecule has 1 unspecified atom stereocenters. The highest BCUT2D eigenvalue weighted by molar-refractivity contribution is 7.51. The highest BCUT2D eigenvalue weighted by Gasteiger charge is 2.30. The van der Waals surface area contributed by atoms with Crippen molar-refractivity contribution in [2.45, 2.75) is 5.91 Å². The summed E-state index contributed by atoms with van der Waals surface area (Å²) in [7, 11) is -4.87. The zero-order chi connectivity index (χ0) is 16.3. The number of carbonyl (C=O) groups is 1. The fourth-order valence-corrected chi connectivity index (χ4v) is 2.50. The van der Waals surface area contributed by atoms with Gasteiger partial charge in [-0.15, -0.1) is 0 Å². The molecular formula is C15H14FO5P. The van der Waals surface area contributed by atoms with E-state index in [9.17, 15) is 13.8 Å². The van der Waals surface area contributed by atoms with Crippen LogP contribution in [-0.2, 0) is 9.30 Å². The van der Waals surface area contributed by atoms with Crippen molar-refractivity contribution in [1.29, 1.82) is 0 Å². The van der Waals surface area contributed by atoms with Crippen LogP contribution in [0.2, 0.25) is 0 Å². The number of carbonyl (C=O) groups excluding carboxylic acids is 1. The summed E-state index contributed by atoms with van der Waals surface area (Å²) in [6.45, 7) is 3.51. The SMILES string of the molecule is C=CCOC(=O)c1ccc2ccc(C(F)P(=O)(O)O)cc2c1. The Morgan fingerprint density at radius 3 is 2.59 bits per heavy atom. The fraction of sp³-hybridized carbons (Fsp3) is 0.133. The average Bonchev–Trinajstić information content (AvgIpc) is 2.49. The lowest BCUT2D eigenvalue weighted by Gasteiger charge is -2.11. The largest absolute Gasteiger partial charge is 0.458 e. The van der Waals surface area contributed by atoms with Gasteiger partial charge in [-0.2, -0.15) is 0 Å². The fourth-order valence-electron chi connectivity index (χ4n) is 1.95. The van der Waals surface area contributed by atoms with Crippen LogP contribution in [0.4, 0.5) is 4.39 Å². The van der Waals surface area contributed by atoms with Gasteiger partial charge in [0.1, 0.15) is 6.61 Å². The summed E-state index contributed by atoms with van der Waals surface area (Å²) >= 11 is 0. The lowest BCUT2D eigenvalue weighted by Crippen LogP contribution is -2.04. The number of hydrogen-bond donors (Lipinski definition) is 2. The molecule has 0 aliphatic carbocycles. The summed E-state index contributed by atoms with van der Waals surface area (Å²) in [5, 5.41) is 1.20. The molecule has 0 aliphatic heterocycles. The molecule has 0 saturated heterocycles. The van der Waals surface area contributed by atoms with Crippen LogP contribution in [0, 0.1) is 0 Å². The molecule has 7 heteroatoms. The molecule has 2 N–H and O–H groups in total. The Hall–Kier alpha value is -2.01. The molecule has 2 rings (SSSR count). The highest BCUT2D eigenvalue weighted by Crippen LogP contribution is 2.52. The molecule has 2 aromatic carbocycles. The Balaban J connectivity index is 2.40. The summed E-state index contributed by atoms with van der Waals surface area (Å²) in [6.07, 6.45) is 1.44. The Morgan fingerprint density at radius 2 is 1.95 bits per heavy atom. The molecule has 0 spiro atoms. The average molecular weight is 324 g/mol. The Kier molecular flexibility index (Phi) is 4.76. The first-order valence-electron chi connectivity index (χ1n) is 6.34.